The van der Waals surface area contributed by atoms with Crippen molar-refractivity contribution < 1.29 is 4.79 Å². The van der Waals surface area contributed by atoms with Gasteiger partial charge in [-0.05, 0) is 51.6 Å². The smallest absolute Gasteiger partial charge is 0.158 e. The summed E-state index contributed by atoms with van der Waals surface area (Å²) in [5.41, 5.74) is 3.80. The van der Waals surface area contributed by atoms with Crippen molar-refractivity contribution in [3.63, 3.8) is 0 Å². The van der Waals surface area contributed by atoms with Gasteiger partial charge in [0.05, 0.1) is 11.1 Å². The van der Waals surface area contributed by atoms with Crippen molar-refractivity contribution in [2.75, 3.05) is 5.75 Å². The minimum absolute atomic E-state index is 0.00245. The lowest BCUT2D eigenvalue weighted by Crippen LogP contribution is -2.27. The van der Waals surface area contributed by atoms with E-state index < -0.39 is 5.92 Å². The molecule has 0 saturated carbocycles. The van der Waals surface area contributed by atoms with Gasteiger partial charge in [0.2, 0.25) is 0 Å². The summed E-state index contributed by atoms with van der Waals surface area (Å²) in [6.07, 6.45) is 2.13. The predicted molar refractivity (Wildman–Crippen MR) is 104 cm³/mol. The Hall–Kier alpha value is -1.64. The number of hydrogen-bond donors (Lipinski definition) is 0. The molecule has 1 unspecified atom stereocenters. The molecule has 1 aliphatic rings. The van der Waals surface area contributed by atoms with Crippen molar-refractivity contribution in [1.82, 2.24) is 0 Å². The Labute approximate surface area is 152 Å². The molecule has 24 heavy (non-hydrogen) atoms. The lowest BCUT2D eigenvalue weighted by atomic mass is 9.80. The second kappa shape index (κ2) is 7.96. The number of ketones is 1. The summed E-state index contributed by atoms with van der Waals surface area (Å²) in [5.74, 6) is 0.181. The molecule has 5 heteroatoms. The topological polar surface area (TPSA) is 53.2 Å². The molecule has 126 valence electrons. The van der Waals surface area contributed by atoms with Crippen LogP contribution in [0.3, 0.4) is 0 Å². The third-order valence-electron chi connectivity index (χ3n) is 4.00. The van der Waals surface area contributed by atoms with Crippen molar-refractivity contribution in [3.8, 4) is 6.07 Å². The van der Waals surface area contributed by atoms with Crippen LogP contribution in [-0.2, 0) is 4.79 Å². The number of carbonyl (C=O) groups excluding carboxylic acids is 1. The van der Waals surface area contributed by atoms with Crippen molar-refractivity contribution in [2.45, 2.75) is 40.5 Å². The van der Waals surface area contributed by atoms with Gasteiger partial charge in [-0.3, -0.25) is 4.79 Å². The van der Waals surface area contributed by atoms with Gasteiger partial charge in [-0.15, -0.1) is 23.1 Å². The van der Waals surface area contributed by atoms with E-state index >= 15 is 0 Å². The standard InChI is InChI=1S/C19H22N2OS2/c1-11(2)6-8-24-19-15(10-20)17(18-12(3)7-9-23-18)16(14(5)22)13(4)21-19/h6-7,9,15,17H,8H2,1-5H3/t15?,17-/m0/s1. The molecule has 2 atom stereocenters. The SMILES string of the molecule is CC(=O)C1=C(C)N=C(SCC=C(C)C)C(C#N)[C@@H]1c1sccc1C. The lowest BCUT2D eigenvalue weighted by Gasteiger charge is -2.29. The first kappa shape index (κ1) is 18.7. The fourth-order valence-electron chi connectivity index (χ4n) is 2.83. The van der Waals surface area contributed by atoms with Gasteiger partial charge in [0.15, 0.2) is 5.78 Å². The molecular formula is C19H22N2OS2. The number of Topliss-reactive ketones (excluding diaryl/α,β-unsaturated/α-hetero) is 1. The zero-order valence-electron chi connectivity index (χ0n) is 14.7. The number of carbonyl (C=O) groups is 1. The van der Waals surface area contributed by atoms with Crippen molar-refractivity contribution in [1.29, 1.82) is 5.26 Å². The van der Waals surface area contributed by atoms with Gasteiger partial charge < -0.3 is 0 Å². The van der Waals surface area contributed by atoms with Crippen molar-refractivity contribution in [3.05, 3.63) is 44.8 Å². The van der Waals surface area contributed by atoms with Crippen LogP contribution in [-0.4, -0.2) is 16.6 Å². The minimum Gasteiger partial charge on any atom is -0.295 e. The summed E-state index contributed by atoms with van der Waals surface area (Å²) in [6, 6.07) is 4.46. The van der Waals surface area contributed by atoms with Crippen molar-refractivity contribution >= 4 is 33.9 Å². The van der Waals surface area contributed by atoms with Gasteiger partial charge in [0, 0.05) is 27.8 Å². The summed E-state index contributed by atoms with van der Waals surface area (Å²) in [5, 5.41) is 12.7. The van der Waals surface area contributed by atoms with Crippen LogP contribution < -0.4 is 0 Å². The van der Waals surface area contributed by atoms with E-state index in [0.717, 1.165) is 26.9 Å². The molecule has 0 aliphatic carbocycles. The monoisotopic (exact) mass is 358 g/mol. The van der Waals surface area contributed by atoms with Crippen LogP contribution in [0.15, 0.2) is 39.4 Å². The van der Waals surface area contributed by atoms with Crippen LogP contribution in [0.5, 0.6) is 0 Å². The van der Waals surface area contributed by atoms with E-state index in [9.17, 15) is 10.1 Å². The van der Waals surface area contributed by atoms with Crippen LogP contribution in [0.25, 0.3) is 0 Å². The highest BCUT2D eigenvalue weighted by Gasteiger charge is 2.38. The van der Waals surface area contributed by atoms with Crippen molar-refractivity contribution in [2.24, 2.45) is 10.9 Å². The summed E-state index contributed by atoms with van der Waals surface area (Å²) in [7, 11) is 0. The number of nitrogens with zero attached hydrogens (tertiary/aromatic N) is 2. The third-order valence-corrected chi connectivity index (χ3v) is 6.08. The second-order valence-electron chi connectivity index (χ2n) is 6.15. The minimum atomic E-state index is -0.402. The maximum absolute atomic E-state index is 12.2. The zero-order valence-corrected chi connectivity index (χ0v) is 16.3. The molecule has 0 saturated heterocycles. The number of aliphatic imine (C=N–C) groups is 1. The van der Waals surface area contributed by atoms with Crippen LogP contribution in [0.2, 0.25) is 0 Å². The molecule has 0 aromatic carbocycles. The molecule has 0 amide bonds. The maximum atomic E-state index is 12.2. The Morgan fingerprint density at radius 2 is 2.12 bits per heavy atom. The first-order valence-corrected chi connectivity index (χ1v) is 9.73. The average molecular weight is 359 g/mol. The average Bonchev–Trinajstić information content (AvgIpc) is 2.91. The number of allylic oxidation sites excluding steroid dienone is 3. The number of rotatable bonds is 4. The fraction of sp³-hybridized carbons (Fsp3) is 0.421. The van der Waals surface area contributed by atoms with Crippen LogP contribution in [0.4, 0.5) is 0 Å². The number of hydrogen-bond acceptors (Lipinski definition) is 5. The van der Waals surface area contributed by atoms with E-state index in [2.05, 4.69) is 31.0 Å². The van der Waals surface area contributed by atoms with E-state index in [1.54, 1.807) is 30.0 Å². The van der Waals surface area contributed by atoms with Gasteiger partial charge in [0.25, 0.3) is 0 Å². The largest absolute Gasteiger partial charge is 0.295 e. The van der Waals surface area contributed by atoms with Gasteiger partial charge in [-0.2, -0.15) is 5.26 Å². The summed E-state index contributed by atoms with van der Waals surface area (Å²) >= 11 is 3.21. The van der Waals surface area contributed by atoms with Gasteiger partial charge >= 0.3 is 0 Å². The summed E-state index contributed by atoms with van der Waals surface area (Å²) in [4.78, 5) is 18.0. The molecule has 0 bridgehead atoms. The number of aryl methyl sites for hydroxylation is 1. The van der Waals surface area contributed by atoms with Crippen LogP contribution in [0, 0.1) is 24.2 Å². The Balaban J connectivity index is 2.50. The summed E-state index contributed by atoms with van der Waals surface area (Å²) < 4.78 is 0. The van der Waals surface area contributed by atoms with Gasteiger partial charge in [-0.25, -0.2) is 4.99 Å². The summed E-state index contributed by atoms with van der Waals surface area (Å²) in [6.45, 7) is 9.60. The molecule has 2 rings (SSSR count). The van der Waals surface area contributed by atoms with Crippen LogP contribution >= 0.6 is 23.1 Å². The molecule has 0 spiro atoms. The molecular weight excluding hydrogens is 336 g/mol. The number of nitriles is 1. The molecule has 3 nitrogen and oxygen atoms in total. The van der Waals surface area contributed by atoms with Gasteiger partial charge in [-0.1, -0.05) is 11.6 Å². The van der Waals surface area contributed by atoms with E-state index in [1.807, 2.05) is 25.3 Å². The van der Waals surface area contributed by atoms with Gasteiger partial charge in [0.1, 0.15) is 5.92 Å². The van der Waals surface area contributed by atoms with E-state index in [0.29, 0.717) is 5.57 Å². The highest BCUT2D eigenvalue weighted by Crippen LogP contribution is 2.44. The molecule has 0 N–H and O–H groups in total. The first-order valence-electron chi connectivity index (χ1n) is 7.86. The van der Waals surface area contributed by atoms with Crippen LogP contribution in [0.1, 0.15) is 44.1 Å². The van der Waals surface area contributed by atoms with E-state index in [-0.39, 0.29) is 11.7 Å². The molecule has 1 aliphatic heterocycles. The first-order chi connectivity index (χ1) is 11.4. The quantitative estimate of drug-likeness (QED) is 0.690. The molecule has 1 aromatic heterocycles. The molecule has 2 heterocycles. The normalized spacial score (nSPS) is 20.4. The highest BCUT2D eigenvalue weighted by atomic mass is 32.2. The molecule has 1 aromatic rings. The Bertz CT molecular complexity index is 774. The zero-order chi connectivity index (χ0) is 17.9. The Kier molecular flexibility index (Phi) is 6.20. The lowest BCUT2D eigenvalue weighted by molar-refractivity contribution is -0.114. The number of thiophene rings is 1. The fourth-order valence-corrected chi connectivity index (χ4v) is 5.06. The van der Waals surface area contributed by atoms with E-state index in [4.69, 9.17) is 0 Å². The number of thioether (sulfide) groups is 1. The third kappa shape index (κ3) is 3.88. The highest BCUT2D eigenvalue weighted by molar-refractivity contribution is 8.14. The molecule has 0 radical (unpaired) electrons. The van der Waals surface area contributed by atoms with E-state index in [1.165, 1.54) is 5.57 Å². The maximum Gasteiger partial charge on any atom is 0.158 e. The molecule has 0 fully saturated rings. The Morgan fingerprint density at radius 1 is 1.42 bits per heavy atom. The Morgan fingerprint density at radius 3 is 2.62 bits per heavy atom. The second-order valence-corrected chi connectivity index (χ2v) is 8.14. The predicted octanol–water partition coefficient (Wildman–Crippen LogP) is 5.25.